The van der Waals surface area contributed by atoms with Crippen molar-refractivity contribution in [1.29, 1.82) is 0 Å². The van der Waals surface area contributed by atoms with Crippen molar-refractivity contribution in [2.45, 2.75) is 6.92 Å². The smallest absolute Gasteiger partial charge is 0.255 e. The van der Waals surface area contributed by atoms with Crippen LogP contribution < -0.4 is 15.4 Å². The van der Waals surface area contributed by atoms with Crippen LogP contribution in [0.4, 0.5) is 17.2 Å². The molecule has 0 saturated carbocycles. The maximum atomic E-state index is 12.9. The lowest BCUT2D eigenvalue weighted by Crippen LogP contribution is -2.12. The first-order chi connectivity index (χ1) is 16.6. The predicted octanol–water partition coefficient (Wildman–Crippen LogP) is 5.33. The quantitative estimate of drug-likeness (QED) is 0.323. The van der Waals surface area contributed by atoms with Gasteiger partial charge in [0, 0.05) is 47.2 Å². The second kappa shape index (κ2) is 9.03. The molecule has 0 aliphatic carbocycles. The van der Waals surface area contributed by atoms with Crippen LogP contribution in [0.2, 0.25) is 0 Å². The average molecular weight is 451 g/mol. The number of amides is 1. The number of aryl methyl sites for hydroxylation is 1. The molecule has 5 rings (SSSR count). The third-order valence-corrected chi connectivity index (χ3v) is 5.41. The van der Waals surface area contributed by atoms with Gasteiger partial charge in [-0.25, -0.2) is 9.97 Å². The van der Waals surface area contributed by atoms with Gasteiger partial charge < -0.3 is 20.4 Å². The Balaban J connectivity index is 1.46. The van der Waals surface area contributed by atoms with Gasteiger partial charge >= 0.3 is 0 Å². The molecule has 34 heavy (non-hydrogen) atoms. The zero-order valence-corrected chi connectivity index (χ0v) is 18.7. The van der Waals surface area contributed by atoms with E-state index in [2.05, 4.69) is 25.6 Å². The maximum absolute atomic E-state index is 12.9. The molecular weight excluding hydrogens is 428 g/mol. The van der Waals surface area contributed by atoms with Crippen LogP contribution in [0.5, 0.6) is 5.75 Å². The van der Waals surface area contributed by atoms with Crippen LogP contribution in [0.25, 0.3) is 22.4 Å². The van der Waals surface area contributed by atoms with Crippen molar-refractivity contribution in [2.24, 2.45) is 0 Å². The van der Waals surface area contributed by atoms with Gasteiger partial charge in [0.15, 0.2) is 11.6 Å². The predicted molar refractivity (Wildman–Crippen MR) is 133 cm³/mol. The monoisotopic (exact) mass is 450 g/mol. The zero-order chi connectivity index (χ0) is 23.5. The van der Waals surface area contributed by atoms with E-state index in [-0.39, 0.29) is 5.91 Å². The lowest BCUT2D eigenvalue weighted by Gasteiger charge is -2.13. The second-order valence-electron chi connectivity index (χ2n) is 7.72. The molecule has 3 aromatic heterocycles. The number of nitrogens with zero attached hydrogens (tertiary/aromatic N) is 3. The van der Waals surface area contributed by atoms with E-state index < -0.39 is 0 Å². The number of hydrogen-bond donors (Lipinski definition) is 3. The molecule has 0 aliphatic heterocycles. The van der Waals surface area contributed by atoms with E-state index in [0.717, 1.165) is 27.8 Å². The normalized spacial score (nSPS) is 10.8. The van der Waals surface area contributed by atoms with Gasteiger partial charge in [0.25, 0.3) is 5.91 Å². The van der Waals surface area contributed by atoms with Crippen LogP contribution in [0, 0.1) is 6.92 Å². The summed E-state index contributed by atoms with van der Waals surface area (Å²) in [5.74, 6) is 1.63. The van der Waals surface area contributed by atoms with E-state index in [1.165, 1.54) is 0 Å². The average Bonchev–Trinajstić information content (AvgIpc) is 3.35. The summed E-state index contributed by atoms with van der Waals surface area (Å²) in [7, 11) is 1.59. The van der Waals surface area contributed by atoms with E-state index in [0.29, 0.717) is 28.6 Å². The summed E-state index contributed by atoms with van der Waals surface area (Å²) < 4.78 is 5.23. The third kappa shape index (κ3) is 4.29. The Morgan fingerprint density at radius 3 is 2.76 bits per heavy atom. The summed E-state index contributed by atoms with van der Waals surface area (Å²) in [6.45, 7) is 1.97. The Labute approximate surface area is 196 Å². The van der Waals surface area contributed by atoms with Crippen molar-refractivity contribution >= 4 is 34.1 Å². The van der Waals surface area contributed by atoms with Gasteiger partial charge in [-0.1, -0.05) is 12.1 Å². The molecule has 0 unspecified atom stereocenters. The first-order valence-electron chi connectivity index (χ1n) is 10.7. The molecule has 0 aliphatic rings. The third-order valence-electron chi connectivity index (χ3n) is 5.41. The molecular formula is C26H22N6O2. The van der Waals surface area contributed by atoms with Crippen LogP contribution in [0.1, 0.15) is 15.9 Å². The molecule has 0 bridgehead atoms. The number of aromatic nitrogens is 4. The van der Waals surface area contributed by atoms with Gasteiger partial charge in [0.1, 0.15) is 11.3 Å². The highest BCUT2D eigenvalue weighted by Gasteiger charge is 2.14. The van der Waals surface area contributed by atoms with Crippen LogP contribution in [0.3, 0.4) is 0 Å². The standard InChI is InChI=1S/C26H22N6O2/c1-16-8-9-17(26(33)29-19-6-3-7-20(14-19)34-2)13-22(16)31-25-23-21(10-12-28-23)30-24(32-25)18-5-4-11-27-15-18/h3-15,28H,1-2H3,(H,29,33)(H,30,31,32). The second-order valence-corrected chi connectivity index (χ2v) is 7.72. The van der Waals surface area contributed by atoms with Crippen molar-refractivity contribution in [1.82, 2.24) is 19.9 Å². The Morgan fingerprint density at radius 1 is 1.03 bits per heavy atom. The van der Waals surface area contributed by atoms with E-state index in [1.807, 2.05) is 61.7 Å². The van der Waals surface area contributed by atoms with Crippen LogP contribution in [-0.2, 0) is 0 Å². The Hall–Kier alpha value is -4.72. The Morgan fingerprint density at radius 2 is 1.94 bits per heavy atom. The van der Waals surface area contributed by atoms with Gasteiger partial charge in [-0.15, -0.1) is 0 Å². The summed E-state index contributed by atoms with van der Waals surface area (Å²) in [4.78, 5) is 29.7. The SMILES string of the molecule is COc1cccc(NC(=O)c2ccc(C)c(Nc3nc(-c4cccnc4)nc4cc[nH]c34)c2)c1. The summed E-state index contributed by atoms with van der Waals surface area (Å²) in [5.41, 5.74) is 5.28. The number of carbonyl (C=O) groups excluding carboxylic acids is 1. The number of nitrogens with one attached hydrogen (secondary N) is 3. The molecule has 168 valence electrons. The van der Waals surface area contributed by atoms with Crippen molar-refractivity contribution < 1.29 is 9.53 Å². The Bertz CT molecular complexity index is 1480. The molecule has 0 radical (unpaired) electrons. The van der Waals surface area contributed by atoms with Crippen LogP contribution in [-0.4, -0.2) is 33.0 Å². The summed E-state index contributed by atoms with van der Waals surface area (Å²) in [6.07, 6.45) is 5.26. The summed E-state index contributed by atoms with van der Waals surface area (Å²) in [5, 5.41) is 6.30. The zero-order valence-electron chi connectivity index (χ0n) is 18.7. The van der Waals surface area contributed by atoms with Gasteiger partial charge in [-0.05, 0) is 55.0 Å². The fourth-order valence-corrected chi connectivity index (χ4v) is 3.59. The lowest BCUT2D eigenvalue weighted by molar-refractivity contribution is 0.102. The molecule has 3 heterocycles. The molecule has 5 aromatic rings. The highest BCUT2D eigenvalue weighted by atomic mass is 16.5. The first kappa shape index (κ1) is 21.1. The highest BCUT2D eigenvalue weighted by molar-refractivity contribution is 6.05. The molecule has 8 nitrogen and oxygen atoms in total. The van der Waals surface area contributed by atoms with E-state index in [9.17, 15) is 4.79 Å². The number of H-pyrrole nitrogens is 1. The topological polar surface area (TPSA) is 105 Å². The number of hydrogen-bond acceptors (Lipinski definition) is 6. The minimum absolute atomic E-state index is 0.222. The molecule has 1 amide bonds. The molecule has 0 fully saturated rings. The highest BCUT2D eigenvalue weighted by Crippen LogP contribution is 2.28. The van der Waals surface area contributed by atoms with Crippen LogP contribution in [0.15, 0.2) is 79.3 Å². The van der Waals surface area contributed by atoms with E-state index in [4.69, 9.17) is 9.72 Å². The maximum Gasteiger partial charge on any atom is 0.255 e. The lowest BCUT2D eigenvalue weighted by atomic mass is 10.1. The van der Waals surface area contributed by atoms with Gasteiger partial charge in [-0.2, -0.15) is 0 Å². The number of pyridine rings is 1. The largest absolute Gasteiger partial charge is 0.497 e. The van der Waals surface area contributed by atoms with E-state index in [1.54, 1.807) is 31.6 Å². The summed E-state index contributed by atoms with van der Waals surface area (Å²) >= 11 is 0. The van der Waals surface area contributed by atoms with Gasteiger partial charge in [0.05, 0.1) is 12.6 Å². The molecule has 3 N–H and O–H groups in total. The minimum atomic E-state index is -0.222. The first-order valence-corrected chi connectivity index (χ1v) is 10.7. The number of aromatic amines is 1. The number of carbonyl (C=O) groups is 1. The molecule has 0 spiro atoms. The van der Waals surface area contributed by atoms with Crippen molar-refractivity contribution in [3.63, 3.8) is 0 Å². The Kier molecular flexibility index (Phi) is 5.61. The minimum Gasteiger partial charge on any atom is -0.497 e. The fraction of sp³-hybridized carbons (Fsp3) is 0.0769. The number of anilines is 3. The number of methoxy groups -OCH3 is 1. The number of rotatable bonds is 6. The summed E-state index contributed by atoms with van der Waals surface area (Å²) in [6, 6.07) is 18.4. The molecule has 0 atom stereocenters. The number of fused-ring (bicyclic) bond motifs is 1. The van der Waals surface area contributed by atoms with E-state index >= 15 is 0 Å². The molecule has 2 aromatic carbocycles. The van der Waals surface area contributed by atoms with Gasteiger partial charge in [-0.3, -0.25) is 9.78 Å². The molecule has 8 heteroatoms. The number of ether oxygens (including phenoxy) is 1. The number of benzene rings is 2. The van der Waals surface area contributed by atoms with Gasteiger partial charge in [0.2, 0.25) is 0 Å². The van der Waals surface area contributed by atoms with Crippen molar-refractivity contribution in [2.75, 3.05) is 17.7 Å². The van der Waals surface area contributed by atoms with Crippen LogP contribution >= 0.6 is 0 Å². The fourth-order valence-electron chi connectivity index (χ4n) is 3.59. The van der Waals surface area contributed by atoms with Crippen molar-refractivity contribution in [3.05, 3.63) is 90.4 Å². The molecule has 0 saturated heterocycles. The van der Waals surface area contributed by atoms with Crippen molar-refractivity contribution in [3.8, 4) is 17.1 Å².